The van der Waals surface area contributed by atoms with Crippen molar-refractivity contribution in [2.45, 2.75) is 19.1 Å². The summed E-state index contributed by atoms with van der Waals surface area (Å²) in [6.07, 6.45) is -4.96. The maximum absolute atomic E-state index is 13.4. The summed E-state index contributed by atoms with van der Waals surface area (Å²) in [5.74, 6) is -4.14. The van der Waals surface area contributed by atoms with Gasteiger partial charge in [-0.05, 0) is 13.0 Å². The van der Waals surface area contributed by atoms with E-state index in [0.717, 1.165) is 12.1 Å². The lowest BCUT2D eigenvalue weighted by atomic mass is 10.1. The van der Waals surface area contributed by atoms with Crippen molar-refractivity contribution < 1.29 is 31.5 Å². The first-order chi connectivity index (χ1) is 9.27. The van der Waals surface area contributed by atoms with Gasteiger partial charge in [0.05, 0.1) is 0 Å². The molecule has 1 rings (SSSR count). The molecule has 0 heterocycles. The second kappa shape index (κ2) is 6.65. The van der Waals surface area contributed by atoms with Crippen molar-refractivity contribution in [3.05, 3.63) is 35.4 Å². The van der Waals surface area contributed by atoms with Crippen LogP contribution >= 0.6 is 0 Å². The van der Waals surface area contributed by atoms with Crippen molar-refractivity contribution >= 4 is 5.91 Å². The highest BCUT2D eigenvalue weighted by Gasteiger charge is 2.43. The predicted molar refractivity (Wildman–Crippen MR) is 59.8 cm³/mol. The van der Waals surface area contributed by atoms with Crippen LogP contribution < -0.4 is 5.32 Å². The molecule has 0 fully saturated rings. The highest BCUT2D eigenvalue weighted by molar-refractivity contribution is 5.77. The molecule has 0 saturated heterocycles. The molecule has 8 heteroatoms. The minimum absolute atomic E-state index is 0.137. The van der Waals surface area contributed by atoms with Crippen LogP contribution in [0.3, 0.4) is 0 Å². The molecule has 0 aliphatic rings. The molecule has 0 radical (unpaired) electrons. The van der Waals surface area contributed by atoms with Gasteiger partial charge in [-0.15, -0.1) is 0 Å². The van der Waals surface area contributed by atoms with Gasteiger partial charge in [0.15, 0.2) is 17.7 Å². The van der Waals surface area contributed by atoms with Crippen LogP contribution in [0.2, 0.25) is 0 Å². The number of hydrogen-bond donors (Lipinski definition) is 1. The van der Waals surface area contributed by atoms with Gasteiger partial charge in [0.1, 0.15) is 6.61 Å². The number of nitrogens with one attached hydrogen (secondary N) is 1. The lowest BCUT2D eigenvalue weighted by molar-refractivity contribution is -0.165. The summed E-state index contributed by atoms with van der Waals surface area (Å²) in [6, 6.07) is -0.251. The summed E-state index contributed by atoms with van der Waals surface area (Å²) >= 11 is 0. The van der Waals surface area contributed by atoms with E-state index in [4.69, 9.17) is 0 Å². The molecule has 0 saturated carbocycles. The number of carbonyl (C=O) groups is 1. The summed E-state index contributed by atoms with van der Waals surface area (Å²) in [5, 5.41) is 1.58. The van der Waals surface area contributed by atoms with Crippen LogP contribution in [0.25, 0.3) is 0 Å². The number of ether oxygens (including phenoxy) is 1. The zero-order valence-corrected chi connectivity index (χ0v) is 10.4. The molecule has 1 aromatic rings. The van der Waals surface area contributed by atoms with E-state index >= 15 is 0 Å². The van der Waals surface area contributed by atoms with Gasteiger partial charge < -0.3 is 10.1 Å². The SMILES string of the molecule is CCOCC(=O)NC(c1cccc(F)c1F)C(F)(F)F. The minimum atomic E-state index is -4.96. The molecule has 1 amide bonds. The third kappa shape index (κ3) is 4.16. The summed E-state index contributed by atoms with van der Waals surface area (Å²) in [4.78, 5) is 11.3. The molecule has 0 spiro atoms. The van der Waals surface area contributed by atoms with Gasteiger partial charge in [-0.25, -0.2) is 8.78 Å². The van der Waals surface area contributed by atoms with Gasteiger partial charge in [0, 0.05) is 12.2 Å². The van der Waals surface area contributed by atoms with Gasteiger partial charge in [-0.1, -0.05) is 12.1 Å². The standard InChI is InChI=1S/C12H12F5NO2/c1-2-20-6-9(19)18-11(12(15,16)17)7-4-3-5-8(13)10(7)14/h3-5,11H,2,6H2,1H3,(H,18,19). The van der Waals surface area contributed by atoms with Gasteiger partial charge in [-0.3, -0.25) is 4.79 Å². The Kier molecular flexibility index (Phi) is 5.43. The predicted octanol–water partition coefficient (Wildman–Crippen LogP) is 2.72. The van der Waals surface area contributed by atoms with Crippen molar-refractivity contribution in [2.75, 3.05) is 13.2 Å². The zero-order chi connectivity index (χ0) is 15.3. The molecule has 0 aliphatic heterocycles. The zero-order valence-electron chi connectivity index (χ0n) is 10.4. The topological polar surface area (TPSA) is 38.3 Å². The van der Waals surface area contributed by atoms with Crippen LogP contribution in [0.15, 0.2) is 18.2 Å². The fourth-order valence-electron chi connectivity index (χ4n) is 1.48. The molecule has 112 valence electrons. The minimum Gasteiger partial charge on any atom is -0.372 e. The Morgan fingerprint density at radius 3 is 2.55 bits per heavy atom. The molecule has 0 bridgehead atoms. The largest absolute Gasteiger partial charge is 0.412 e. The Morgan fingerprint density at radius 2 is 2.00 bits per heavy atom. The summed E-state index contributed by atoms with van der Waals surface area (Å²) in [6.45, 7) is 1.10. The van der Waals surface area contributed by atoms with Crippen LogP contribution in [0.5, 0.6) is 0 Å². The highest BCUT2D eigenvalue weighted by atomic mass is 19.4. The van der Waals surface area contributed by atoms with E-state index in [-0.39, 0.29) is 6.61 Å². The lowest BCUT2D eigenvalue weighted by Crippen LogP contribution is -2.40. The number of benzene rings is 1. The second-order valence-electron chi connectivity index (χ2n) is 3.82. The Balaban J connectivity index is 3.02. The third-order valence-electron chi connectivity index (χ3n) is 2.36. The van der Waals surface area contributed by atoms with Crippen molar-refractivity contribution in [1.29, 1.82) is 0 Å². The van der Waals surface area contributed by atoms with Crippen molar-refractivity contribution in [1.82, 2.24) is 5.32 Å². The van der Waals surface area contributed by atoms with Gasteiger partial charge in [0.2, 0.25) is 5.91 Å². The summed E-state index contributed by atoms with van der Waals surface area (Å²) < 4.78 is 69.6. The molecule has 1 aromatic carbocycles. The van der Waals surface area contributed by atoms with Crippen LogP contribution in [-0.4, -0.2) is 25.3 Å². The van der Waals surface area contributed by atoms with E-state index in [1.165, 1.54) is 0 Å². The highest BCUT2D eigenvalue weighted by Crippen LogP contribution is 2.34. The molecule has 1 N–H and O–H groups in total. The van der Waals surface area contributed by atoms with Gasteiger partial charge >= 0.3 is 6.18 Å². The maximum atomic E-state index is 13.4. The molecule has 1 atom stereocenters. The van der Waals surface area contributed by atoms with Crippen molar-refractivity contribution in [3.8, 4) is 0 Å². The van der Waals surface area contributed by atoms with E-state index in [1.807, 2.05) is 0 Å². The molecule has 20 heavy (non-hydrogen) atoms. The van der Waals surface area contributed by atoms with Crippen LogP contribution in [-0.2, 0) is 9.53 Å². The molecule has 0 aromatic heterocycles. The van der Waals surface area contributed by atoms with Crippen molar-refractivity contribution in [3.63, 3.8) is 0 Å². The molecular weight excluding hydrogens is 285 g/mol. The van der Waals surface area contributed by atoms with Crippen LogP contribution in [0.4, 0.5) is 22.0 Å². The van der Waals surface area contributed by atoms with Crippen LogP contribution in [0.1, 0.15) is 18.5 Å². The van der Waals surface area contributed by atoms with E-state index in [0.29, 0.717) is 6.07 Å². The molecule has 1 unspecified atom stereocenters. The van der Waals surface area contributed by atoms with Crippen LogP contribution in [0, 0.1) is 11.6 Å². The number of halogens is 5. The normalized spacial score (nSPS) is 13.1. The molecule has 0 aliphatic carbocycles. The Bertz CT molecular complexity index is 475. The number of alkyl halides is 3. The van der Waals surface area contributed by atoms with E-state index < -0.39 is 41.9 Å². The lowest BCUT2D eigenvalue weighted by Gasteiger charge is -2.22. The Hall–Kier alpha value is -1.70. The average molecular weight is 297 g/mol. The average Bonchev–Trinajstić information content (AvgIpc) is 2.36. The fraction of sp³-hybridized carbons (Fsp3) is 0.417. The third-order valence-corrected chi connectivity index (χ3v) is 2.36. The maximum Gasteiger partial charge on any atom is 0.412 e. The van der Waals surface area contributed by atoms with Crippen molar-refractivity contribution in [2.24, 2.45) is 0 Å². The quantitative estimate of drug-likeness (QED) is 0.849. The van der Waals surface area contributed by atoms with E-state index in [9.17, 15) is 26.7 Å². The summed E-state index contributed by atoms with van der Waals surface area (Å²) in [5.41, 5.74) is -0.984. The Morgan fingerprint density at radius 1 is 1.35 bits per heavy atom. The second-order valence-corrected chi connectivity index (χ2v) is 3.82. The monoisotopic (exact) mass is 297 g/mol. The number of hydrogen-bond acceptors (Lipinski definition) is 2. The summed E-state index contributed by atoms with van der Waals surface area (Å²) in [7, 11) is 0. The molecular formula is C12H12F5NO2. The molecule has 3 nitrogen and oxygen atoms in total. The van der Waals surface area contributed by atoms with Gasteiger partial charge in [0.25, 0.3) is 0 Å². The number of carbonyl (C=O) groups excluding carboxylic acids is 1. The fourth-order valence-corrected chi connectivity index (χ4v) is 1.48. The smallest absolute Gasteiger partial charge is 0.372 e. The first-order valence-corrected chi connectivity index (χ1v) is 5.65. The van der Waals surface area contributed by atoms with E-state index in [2.05, 4.69) is 4.74 Å². The number of amides is 1. The first-order valence-electron chi connectivity index (χ1n) is 5.65. The first kappa shape index (κ1) is 16.4. The Labute approximate surface area is 111 Å². The number of rotatable bonds is 5. The van der Waals surface area contributed by atoms with E-state index in [1.54, 1.807) is 12.2 Å². The van der Waals surface area contributed by atoms with Gasteiger partial charge in [-0.2, -0.15) is 13.2 Å².